The van der Waals surface area contributed by atoms with Gasteiger partial charge in [-0.15, -0.1) is 0 Å². The van der Waals surface area contributed by atoms with Crippen molar-refractivity contribution in [2.45, 2.75) is 108 Å². The zero-order chi connectivity index (χ0) is 47.6. The fraction of sp³-hybridized carbons (Fsp3) is 0.438. The number of ether oxygens (including phenoxy) is 5. The summed E-state index contributed by atoms with van der Waals surface area (Å²) in [6.45, 7) is 7.72. The Morgan fingerprint density at radius 2 is 1.40 bits per heavy atom. The van der Waals surface area contributed by atoms with Gasteiger partial charge in [0.2, 0.25) is 0 Å². The number of carbonyl (C=O) groups is 7. The SMILES string of the molecule is CC(=O)O[C@H]1C(=O)[C@@]2(C)[C@H]([C@H](OC(=O)c3ccccc3)[C@]3(O)C[C@H](OC(=O)[C@H](O)[C@@H](NC(=O)c4ccccc4)c4ccccc4)C(C)=C1C3(C)C)[C@]1(OC(C)=O)CO[C@@H]1C[C@@H]2O.O=CO. The minimum atomic E-state index is -2.39. The number of rotatable bonds is 10. The number of fused-ring (bicyclic) bond motifs is 5. The van der Waals surface area contributed by atoms with Gasteiger partial charge in [-0.3, -0.25) is 24.0 Å². The molecule has 3 aromatic rings. The fourth-order valence-electron chi connectivity index (χ4n) is 10.2. The largest absolute Gasteiger partial charge is 0.483 e. The molecule has 0 radical (unpaired) electrons. The van der Waals surface area contributed by atoms with Gasteiger partial charge in [0.05, 0.1) is 35.6 Å². The van der Waals surface area contributed by atoms with Crippen molar-refractivity contribution in [1.29, 1.82) is 0 Å². The van der Waals surface area contributed by atoms with Crippen LogP contribution in [0, 0.1) is 16.7 Å². The van der Waals surface area contributed by atoms with E-state index >= 15 is 4.79 Å². The minimum Gasteiger partial charge on any atom is -0.483 e. The van der Waals surface area contributed by atoms with E-state index in [0.29, 0.717) is 5.56 Å². The summed E-state index contributed by atoms with van der Waals surface area (Å²) in [5, 5.41) is 47.1. The topological polar surface area (TPSA) is 259 Å². The quantitative estimate of drug-likeness (QED) is 0.0845. The highest BCUT2D eigenvalue weighted by atomic mass is 16.6. The van der Waals surface area contributed by atoms with Gasteiger partial charge >= 0.3 is 23.9 Å². The van der Waals surface area contributed by atoms with Crippen molar-refractivity contribution in [3.8, 4) is 0 Å². The van der Waals surface area contributed by atoms with Crippen LogP contribution in [0.3, 0.4) is 0 Å². The Labute approximate surface area is 374 Å². The summed E-state index contributed by atoms with van der Waals surface area (Å²) in [6.07, 6.45) is -10.5. The smallest absolute Gasteiger partial charge is 0.338 e. The van der Waals surface area contributed by atoms with E-state index in [1.807, 2.05) is 0 Å². The van der Waals surface area contributed by atoms with Crippen molar-refractivity contribution in [3.05, 3.63) is 119 Å². The molecule has 1 aliphatic heterocycles. The summed E-state index contributed by atoms with van der Waals surface area (Å²) < 4.78 is 30.3. The van der Waals surface area contributed by atoms with Crippen LogP contribution in [0.2, 0.25) is 0 Å². The second-order valence-corrected chi connectivity index (χ2v) is 17.5. The molecule has 0 unspecified atom stereocenters. The van der Waals surface area contributed by atoms with E-state index in [-0.39, 0.29) is 41.8 Å². The number of esters is 4. The zero-order valence-corrected chi connectivity index (χ0v) is 36.7. The van der Waals surface area contributed by atoms with E-state index in [4.69, 9.17) is 33.6 Å². The van der Waals surface area contributed by atoms with Gasteiger partial charge in [-0.2, -0.15) is 0 Å². The third-order valence-corrected chi connectivity index (χ3v) is 13.5. The number of amides is 1. The first-order chi connectivity index (χ1) is 30.7. The number of aliphatic hydroxyl groups is 3. The Kier molecular flexibility index (Phi) is 13.8. The summed E-state index contributed by atoms with van der Waals surface area (Å²) in [4.78, 5) is 91.8. The van der Waals surface area contributed by atoms with E-state index in [0.717, 1.165) is 13.8 Å². The van der Waals surface area contributed by atoms with Crippen LogP contribution in [-0.2, 0) is 47.7 Å². The Morgan fingerprint density at radius 1 is 0.846 bits per heavy atom. The summed E-state index contributed by atoms with van der Waals surface area (Å²) >= 11 is 0. The molecule has 17 heteroatoms. The lowest BCUT2D eigenvalue weighted by molar-refractivity contribution is -0.346. The molecule has 346 valence electrons. The molecular formula is C48H53NO16. The van der Waals surface area contributed by atoms with E-state index in [1.54, 1.807) is 92.7 Å². The van der Waals surface area contributed by atoms with Crippen LogP contribution in [0.5, 0.6) is 0 Å². The van der Waals surface area contributed by atoms with Gasteiger partial charge in [-0.1, -0.05) is 80.6 Å². The minimum absolute atomic E-state index is 0.00289. The third-order valence-electron chi connectivity index (χ3n) is 13.5. The predicted molar refractivity (Wildman–Crippen MR) is 226 cm³/mol. The molecule has 0 spiro atoms. The number of carboxylic acid groups (broad SMARTS) is 1. The second-order valence-electron chi connectivity index (χ2n) is 17.5. The van der Waals surface area contributed by atoms with E-state index in [1.165, 1.54) is 26.0 Å². The van der Waals surface area contributed by atoms with Crippen LogP contribution in [0.4, 0.5) is 0 Å². The Morgan fingerprint density at radius 3 is 1.92 bits per heavy atom. The standard InChI is InChI=1S/C47H51NO14.CH2O2/c1-25-31(60-43(56)36(52)35(28-16-10-7-11-17-28)48-41(54)29-18-12-8-13-19-29)23-47(57)40(61-42(55)30-20-14-9-15-21-30)38-45(6,32(51)22-33-46(38,24-58-33)62-27(3)50)39(53)37(59-26(2)49)34(25)44(47,4)5;2-1-3/h7-21,31-33,35-38,40,51-52,57H,22-24H2,1-6H3,(H,48,54);1H,(H,2,3)/t31-,32-,33+,35-,36+,37+,38-,40-,45+,46-,47+;/m0./s1. The highest BCUT2D eigenvalue weighted by Crippen LogP contribution is 2.64. The van der Waals surface area contributed by atoms with Crippen LogP contribution >= 0.6 is 0 Å². The molecule has 5 N–H and O–H groups in total. The Hall–Kier alpha value is -6.27. The molecule has 3 fully saturated rings. The molecule has 1 heterocycles. The number of benzene rings is 3. The van der Waals surface area contributed by atoms with Crippen LogP contribution in [-0.4, -0.2) is 117 Å². The average Bonchev–Trinajstić information content (AvgIpc) is 3.27. The van der Waals surface area contributed by atoms with E-state index in [2.05, 4.69) is 5.32 Å². The molecule has 11 atom stereocenters. The number of nitrogens with one attached hydrogen (secondary N) is 1. The van der Waals surface area contributed by atoms with Gasteiger partial charge in [0.15, 0.2) is 23.6 Å². The first-order valence-corrected chi connectivity index (χ1v) is 21.0. The molecule has 65 heavy (non-hydrogen) atoms. The van der Waals surface area contributed by atoms with Crippen molar-refractivity contribution in [1.82, 2.24) is 5.32 Å². The molecule has 2 saturated carbocycles. The lowest BCUT2D eigenvalue weighted by atomic mass is 9.44. The molecule has 1 saturated heterocycles. The molecule has 3 aromatic carbocycles. The van der Waals surface area contributed by atoms with Gasteiger partial charge in [0.25, 0.3) is 12.4 Å². The van der Waals surface area contributed by atoms with Crippen molar-refractivity contribution in [3.63, 3.8) is 0 Å². The second kappa shape index (κ2) is 18.7. The van der Waals surface area contributed by atoms with E-state index in [9.17, 15) is 39.3 Å². The normalized spacial score (nSPS) is 30.6. The number of carbonyl (C=O) groups excluding carboxylic acids is 6. The monoisotopic (exact) mass is 899 g/mol. The molecule has 17 nitrogen and oxygen atoms in total. The predicted octanol–water partition coefficient (Wildman–Crippen LogP) is 3.44. The number of hydrogen-bond donors (Lipinski definition) is 5. The Bertz CT molecular complexity index is 2340. The molecule has 4 aliphatic rings. The summed E-state index contributed by atoms with van der Waals surface area (Å²) in [5.41, 5.74) is -7.02. The average molecular weight is 900 g/mol. The first kappa shape index (κ1) is 48.2. The van der Waals surface area contributed by atoms with Gasteiger partial charge in [-0.25, -0.2) is 9.59 Å². The molecular weight excluding hydrogens is 847 g/mol. The number of ketones is 1. The summed E-state index contributed by atoms with van der Waals surface area (Å²) in [7, 11) is 0. The molecule has 0 aromatic heterocycles. The van der Waals surface area contributed by atoms with Crippen molar-refractivity contribution >= 4 is 42.0 Å². The number of aliphatic hydroxyl groups excluding tert-OH is 2. The summed E-state index contributed by atoms with van der Waals surface area (Å²) in [5.74, 6) is -6.84. The molecule has 2 bridgehead atoms. The van der Waals surface area contributed by atoms with Crippen LogP contribution in [0.1, 0.15) is 86.7 Å². The molecule has 1 amide bonds. The maximum Gasteiger partial charge on any atom is 0.338 e. The molecule has 3 aliphatic carbocycles. The number of hydrogen-bond acceptors (Lipinski definition) is 15. The molecule has 7 rings (SSSR count). The van der Waals surface area contributed by atoms with E-state index < -0.39 is 113 Å². The summed E-state index contributed by atoms with van der Waals surface area (Å²) in [6, 6.07) is 22.9. The fourth-order valence-corrected chi connectivity index (χ4v) is 10.2. The maximum atomic E-state index is 15.5. The van der Waals surface area contributed by atoms with Crippen LogP contribution in [0.15, 0.2) is 102 Å². The third kappa shape index (κ3) is 8.56. The van der Waals surface area contributed by atoms with Crippen molar-refractivity contribution in [2.75, 3.05) is 6.61 Å². The van der Waals surface area contributed by atoms with Gasteiger partial charge in [0, 0.05) is 37.7 Å². The highest BCUT2D eigenvalue weighted by Gasteiger charge is 2.78. The number of Topliss-reactive ketones (excluding diaryl/α,β-unsaturated/α-hetero) is 1. The lowest BCUT2D eigenvalue weighted by Crippen LogP contribution is -2.82. The van der Waals surface area contributed by atoms with Gasteiger partial charge < -0.3 is 49.4 Å². The highest BCUT2D eigenvalue weighted by molar-refractivity contribution is 5.96. The zero-order valence-electron chi connectivity index (χ0n) is 36.7. The maximum absolute atomic E-state index is 15.5. The van der Waals surface area contributed by atoms with Crippen molar-refractivity contribution < 1.29 is 77.7 Å². The lowest BCUT2D eigenvalue weighted by Gasteiger charge is -2.67. The van der Waals surface area contributed by atoms with Crippen LogP contribution < -0.4 is 5.32 Å². The van der Waals surface area contributed by atoms with Crippen LogP contribution in [0.25, 0.3) is 0 Å². The van der Waals surface area contributed by atoms with Crippen molar-refractivity contribution in [2.24, 2.45) is 16.7 Å². The first-order valence-electron chi connectivity index (χ1n) is 21.0. The van der Waals surface area contributed by atoms with Gasteiger partial charge in [0.1, 0.15) is 23.9 Å². The van der Waals surface area contributed by atoms with Gasteiger partial charge in [-0.05, 0) is 54.8 Å². The Balaban J connectivity index is 0.00000227.